The minimum atomic E-state index is -0.501. The molecule has 0 amide bonds. The topological polar surface area (TPSA) is 55.5 Å². The fourth-order valence-electron chi connectivity index (χ4n) is 1.21. The van der Waals surface area contributed by atoms with Gasteiger partial charge in [-0.3, -0.25) is 0 Å². The summed E-state index contributed by atoms with van der Waals surface area (Å²) in [7, 11) is 1.61. The molecule has 78 valence electrons. The van der Waals surface area contributed by atoms with Gasteiger partial charge in [0.25, 0.3) is 0 Å². The van der Waals surface area contributed by atoms with Crippen LogP contribution < -0.4 is 10.5 Å². The second kappa shape index (κ2) is 5.34. The maximum atomic E-state index is 9.41. The van der Waals surface area contributed by atoms with Gasteiger partial charge in [-0.05, 0) is 27.6 Å². The van der Waals surface area contributed by atoms with Crippen molar-refractivity contribution in [1.82, 2.24) is 0 Å². The van der Waals surface area contributed by atoms with Crippen LogP contribution >= 0.6 is 15.9 Å². The van der Waals surface area contributed by atoms with Crippen LogP contribution in [0, 0.1) is 0 Å². The van der Waals surface area contributed by atoms with Crippen LogP contribution in [-0.2, 0) is 6.42 Å². The van der Waals surface area contributed by atoms with Crippen molar-refractivity contribution in [2.45, 2.75) is 12.5 Å². The van der Waals surface area contributed by atoms with E-state index in [0.29, 0.717) is 6.42 Å². The first-order chi connectivity index (χ1) is 6.69. The summed E-state index contributed by atoms with van der Waals surface area (Å²) in [5, 5.41) is 9.41. The summed E-state index contributed by atoms with van der Waals surface area (Å²) >= 11 is 3.42. The van der Waals surface area contributed by atoms with Gasteiger partial charge in [-0.2, -0.15) is 0 Å². The molecule has 0 fully saturated rings. The summed E-state index contributed by atoms with van der Waals surface area (Å²) in [6.07, 6.45) is 0.0345. The zero-order valence-corrected chi connectivity index (χ0v) is 9.62. The highest BCUT2D eigenvalue weighted by atomic mass is 79.9. The molecule has 0 heterocycles. The van der Waals surface area contributed by atoms with E-state index in [1.165, 1.54) is 0 Å². The number of aliphatic hydroxyl groups is 1. The Morgan fingerprint density at radius 2 is 2.29 bits per heavy atom. The Hall–Kier alpha value is -0.580. The predicted octanol–water partition coefficient (Wildman–Crippen LogP) is 1.32. The lowest BCUT2D eigenvalue weighted by atomic mass is 10.1. The van der Waals surface area contributed by atoms with E-state index in [0.717, 1.165) is 15.8 Å². The first-order valence-electron chi connectivity index (χ1n) is 4.38. The molecule has 0 aliphatic rings. The Bertz CT molecular complexity index is 304. The van der Waals surface area contributed by atoms with E-state index in [4.69, 9.17) is 10.5 Å². The molecule has 0 aliphatic heterocycles. The van der Waals surface area contributed by atoms with Crippen LogP contribution in [0.2, 0.25) is 0 Å². The van der Waals surface area contributed by atoms with Crippen LogP contribution in [0.3, 0.4) is 0 Å². The summed E-state index contributed by atoms with van der Waals surface area (Å²) in [6, 6.07) is 5.69. The maximum Gasteiger partial charge on any atom is 0.133 e. The molecule has 1 aromatic rings. The third-order valence-electron chi connectivity index (χ3n) is 1.99. The molecule has 0 aliphatic carbocycles. The third kappa shape index (κ3) is 2.70. The van der Waals surface area contributed by atoms with Gasteiger partial charge < -0.3 is 15.6 Å². The minimum absolute atomic E-state index is 0.268. The highest BCUT2D eigenvalue weighted by Gasteiger charge is 2.09. The molecule has 1 unspecified atom stereocenters. The molecule has 0 saturated heterocycles. The van der Waals surface area contributed by atoms with Gasteiger partial charge in [0.1, 0.15) is 5.75 Å². The molecule has 3 N–H and O–H groups in total. The van der Waals surface area contributed by atoms with E-state index in [1.54, 1.807) is 7.11 Å². The average Bonchev–Trinajstić information content (AvgIpc) is 2.21. The molecule has 3 nitrogen and oxygen atoms in total. The van der Waals surface area contributed by atoms with Crippen LogP contribution in [0.5, 0.6) is 5.75 Å². The Balaban J connectivity index is 2.86. The molecule has 14 heavy (non-hydrogen) atoms. The van der Waals surface area contributed by atoms with E-state index < -0.39 is 6.10 Å². The zero-order chi connectivity index (χ0) is 10.6. The highest BCUT2D eigenvalue weighted by Crippen LogP contribution is 2.28. The lowest BCUT2D eigenvalue weighted by molar-refractivity contribution is 0.183. The SMILES string of the molecule is COc1cccc(CC(O)CN)c1Br. The first-order valence-corrected chi connectivity index (χ1v) is 5.17. The van der Waals surface area contributed by atoms with Gasteiger partial charge in [0.05, 0.1) is 17.7 Å². The van der Waals surface area contributed by atoms with E-state index in [1.807, 2.05) is 18.2 Å². The number of halogens is 1. The molecule has 0 bridgehead atoms. The molecule has 1 aromatic carbocycles. The molecule has 0 radical (unpaired) electrons. The normalized spacial score (nSPS) is 12.6. The van der Waals surface area contributed by atoms with Gasteiger partial charge in [0.2, 0.25) is 0 Å². The summed E-state index contributed by atoms with van der Waals surface area (Å²) in [6.45, 7) is 0.268. The van der Waals surface area contributed by atoms with Crippen LogP contribution in [0.15, 0.2) is 22.7 Å². The number of benzene rings is 1. The smallest absolute Gasteiger partial charge is 0.133 e. The van der Waals surface area contributed by atoms with Crippen LogP contribution in [-0.4, -0.2) is 24.9 Å². The summed E-state index contributed by atoms with van der Waals surface area (Å²) in [5.41, 5.74) is 6.35. The van der Waals surface area contributed by atoms with E-state index >= 15 is 0 Å². The first kappa shape index (κ1) is 11.5. The Morgan fingerprint density at radius 1 is 1.57 bits per heavy atom. The zero-order valence-electron chi connectivity index (χ0n) is 8.03. The van der Waals surface area contributed by atoms with E-state index in [9.17, 15) is 5.11 Å². The molecule has 4 heteroatoms. The summed E-state index contributed by atoms with van der Waals surface area (Å²) in [4.78, 5) is 0. The Kier molecular flexibility index (Phi) is 4.38. The molecule has 0 aromatic heterocycles. The van der Waals surface area contributed by atoms with Crippen molar-refractivity contribution >= 4 is 15.9 Å². The number of aliphatic hydroxyl groups excluding tert-OH is 1. The van der Waals surface area contributed by atoms with Crippen molar-refractivity contribution in [3.8, 4) is 5.75 Å². The predicted molar refractivity (Wildman–Crippen MR) is 59.5 cm³/mol. The van der Waals surface area contributed by atoms with Crippen molar-refractivity contribution in [1.29, 1.82) is 0 Å². The summed E-state index contributed by atoms with van der Waals surface area (Å²) < 4.78 is 6.03. The van der Waals surface area contributed by atoms with Crippen molar-refractivity contribution in [3.05, 3.63) is 28.2 Å². The molecule has 0 saturated carbocycles. The second-order valence-electron chi connectivity index (χ2n) is 3.03. The number of methoxy groups -OCH3 is 1. The average molecular weight is 260 g/mol. The van der Waals surface area contributed by atoms with E-state index in [-0.39, 0.29) is 6.54 Å². The number of hydrogen-bond donors (Lipinski definition) is 2. The fourth-order valence-corrected chi connectivity index (χ4v) is 1.80. The molecule has 1 rings (SSSR count). The quantitative estimate of drug-likeness (QED) is 0.858. The minimum Gasteiger partial charge on any atom is -0.496 e. The van der Waals surface area contributed by atoms with Crippen LogP contribution in [0.4, 0.5) is 0 Å². The standard InChI is InChI=1S/C10H14BrNO2/c1-14-9-4-2-3-7(10(9)11)5-8(13)6-12/h2-4,8,13H,5-6,12H2,1H3. The number of rotatable bonds is 4. The number of nitrogens with two attached hydrogens (primary N) is 1. The molecule has 1 atom stereocenters. The van der Waals surface area contributed by atoms with Gasteiger partial charge in [-0.1, -0.05) is 12.1 Å². The van der Waals surface area contributed by atoms with Crippen molar-refractivity contribution in [3.63, 3.8) is 0 Å². The maximum absolute atomic E-state index is 9.41. The molecular weight excluding hydrogens is 246 g/mol. The van der Waals surface area contributed by atoms with Crippen molar-refractivity contribution in [2.24, 2.45) is 5.73 Å². The molecule has 0 spiro atoms. The van der Waals surface area contributed by atoms with Gasteiger partial charge in [0.15, 0.2) is 0 Å². The third-order valence-corrected chi connectivity index (χ3v) is 2.89. The monoisotopic (exact) mass is 259 g/mol. The van der Waals surface area contributed by atoms with Gasteiger partial charge in [-0.25, -0.2) is 0 Å². The van der Waals surface area contributed by atoms with Gasteiger partial charge in [-0.15, -0.1) is 0 Å². The largest absolute Gasteiger partial charge is 0.496 e. The van der Waals surface area contributed by atoms with Gasteiger partial charge in [0, 0.05) is 13.0 Å². The number of hydrogen-bond acceptors (Lipinski definition) is 3. The lowest BCUT2D eigenvalue weighted by Gasteiger charge is -2.11. The highest BCUT2D eigenvalue weighted by molar-refractivity contribution is 9.10. The summed E-state index contributed by atoms with van der Waals surface area (Å²) in [5.74, 6) is 0.770. The lowest BCUT2D eigenvalue weighted by Crippen LogP contribution is -2.22. The number of ether oxygens (including phenoxy) is 1. The second-order valence-corrected chi connectivity index (χ2v) is 3.82. The van der Waals surface area contributed by atoms with Crippen LogP contribution in [0.25, 0.3) is 0 Å². The Labute approximate surface area is 92.0 Å². The van der Waals surface area contributed by atoms with Crippen LogP contribution in [0.1, 0.15) is 5.56 Å². The van der Waals surface area contributed by atoms with Crippen molar-refractivity contribution in [2.75, 3.05) is 13.7 Å². The van der Waals surface area contributed by atoms with Crippen molar-refractivity contribution < 1.29 is 9.84 Å². The van der Waals surface area contributed by atoms with Gasteiger partial charge >= 0.3 is 0 Å². The Morgan fingerprint density at radius 3 is 2.86 bits per heavy atom. The molecular formula is C10H14BrNO2. The fraction of sp³-hybridized carbons (Fsp3) is 0.400. The van der Waals surface area contributed by atoms with E-state index in [2.05, 4.69) is 15.9 Å².